The molecule has 24 heavy (non-hydrogen) atoms. The Balaban J connectivity index is 1.72. The van der Waals surface area contributed by atoms with Crippen LogP contribution in [0.2, 0.25) is 0 Å². The lowest BCUT2D eigenvalue weighted by atomic mass is 10.2. The van der Waals surface area contributed by atoms with E-state index in [1.165, 1.54) is 11.8 Å². The van der Waals surface area contributed by atoms with Gasteiger partial charge in [-0.25, -0.2) is 0 Å². The fraction of sp³-hybridized carbons (Fsp3) is 0.263. The number of aromatic nitrogens is 2. The number of furan rings is 1. The summed E-state index contributed by atoms with van der Waals surface area (Å²) in [5.74, 6) is 0.161. The predicted molar refractivity (Wildman–Crippen MR) is 91.9 cm³/mol. The molecule has 0 aliphatic rings. The zero-order chi connectivity index (χ0) is 17.1. The van der Waals surface area contributed by atoms with Crippen LogP contribution in [0.25, 0.3) is 0 Å². The first kappa shape index (κ1) is 16.1. The lowest BCUT2D eigenvalue weighted by Gasteiger charge is -2.07. The molecular formula is C19H21N3O2. The fourth-order valence-corrected chi connectivity index (χ4v) is 2.75. The van der Waals surface area contributed by atoms with Gasteiger partial charge >= 0.3 is 0 Å². The summed E-state index contributed by atoms with van der Waals surface area (Å²) >= 11 is 0. The fourth-order valence-electron chi connectivity index (χ4n) is 2.75. The third-order valence-electron chi connectivity index (χ3n) is 4.20. The third-order valence-corrected chi connectivity index (χ3v) is 4.20. The number of amides is 1. The highest BCUT2D eigenvalue weighted by molar-refractivity contribution is 5.92. The van der Waals surface area contributed by atoms with Crippen molar-refractivity contribution >= 4 is 5.91 Å². The molecule has 3 rings (SSSR count). The van der Waals surface area contributed by atoms with Gasteiger partial charge in [-0.2, -0.15) is 5.10 Å². The van der Waals surface area contributed by atoms with Crippen molar-refractivity contribution in [3.63, 3.8) is 0 Å². The molecule has 0 saturated carbocycles. The molecule has 0 aliphatic heterocycles. The molecule has 2 heterocycles. The number of carbonyl (C=O) groups is 1. The molecule has 0 atom stereocenters. The van der Waals surface area contributed by atoms with E-state index in [1.54, 1.807) is 6.07 Å². The van der Waals surface area contributed by atoms with Crippen LogP contribution in [0.1, 0.15) is 38.6 Å². The Morgan fingerprint density at radius 1 is 1.17 bits per heavy atom. The van der Waals surface area contributed by atoms with Crippen LogP contribution in [0.4, 0.5) is 0 Å². The number of aryl methyl sites for hydroxylation is 2. The number of nitrogens with zero attached hydrogens (tertiary/aromatic N) is 2. The Hall–Kier alpha value is -2.82. The van der Waals surface area contributed by atoms with E-state index < -0.39 is 0 Å². The van der Waals surface area contributed by atoms with Crippen molar-refractivity contribution < 1.29 is 9.21 Å². The van der Waals surface area contributed by atoms with Crippen LogP contribution in [-0.2, 0) is 13.1 Å². The molecule has 1 aromatic carbocycles. The molecule has 1 N–H and O–H groups in total. The van der Waals surface area contributed by atoms with Crippen LogP contribution < -0.4 is 5.32 Å². The second-order valence-corrected chi connectivity index (χ2v) is 5.91. The van der Waals surface area contributed by atoms with Gasteiger partial charge in [0.25, 0.3) is 5.91 Å². The zero-order valence-electron chi connectivity index (χ0n) is 14.2. The summed E-state index contributed by atoms with van der Waals surface area (Å²) in [6.07, 6.45) is 1.53. The molecule has 2 aromatic heterocycles. The van der Waals surface area contributed by atoms with Gasteiger partial charge in [0.1, 0.15) is 0 Å². The van der Waals surface area contributed by atoms with Crippen LogP contribution in [-0.4, -0.2) is 15.7 Å². The van der Waals surface area contributed by atoms with Gasteiger partial charge in [-0.15, -0.1) is 0 Å². The SMILES string of the molecule is Cc1ccoc1C(=O)NCc1c(C)nn(Cc2ccccc2)c1C. The van der Waals surface area contributed by atoms with Crippen LogP contribution in [0.15, 0.2) is 47.1 Å². The van der Waals surface area contributed by atoms with Crippen molar-refractivity contribution in [1.29, 1.82) is 0 Å². The summed E-state index contributed by atoms with van der Waals surface area (Å²) in [5, 5.41) is 7.52. The van der Waals surface area contributed by atoms with Gasteiger partial charge in [0.05, 0.1) is 18.5 Å². The van der Waals surface area contributed by atoms with E-state index in [-0.39, 0.29) is 5.91 Å². The van der Waals surface area contributed by atoms with Crippen molar-refractivity contribution in [2.45, 2.75) is 33.9 Å². The second-order valence-electron chi connectivity index (χ2n) is 5.91. The van der Waals surface area contributed by atoms with Crippen molar-refractivity contribution in [3.05, 3.63) is 76.5 Å². The monoisotopic (exact) mass is 323 g/mol. The zero-order valence-corrected chi connectivity index (χ0v) is 14.2. The number of carbonyl (C=O) groups excluding carboxylic acids is 1. The van der Waals surface area contributed by atoms with E-state index in [0.717, 1.165) is 29.1 Å². The highest BCUT2D eigenvalue weighted by atomic mass is 16.3. The molecule has 0 saturated heterocycles. The third kappa shape index (κ3) is 3.25. The Morgan fingerprint density at radius 3 is 2.58 bits per heavy atom. The highest BCUT2D eigenvalue weighted by Crippen LogP contribution is 2.15. The first-order valence-corrected chi connectivity index (χ1v) is 7.95. The molecule has 0 fully saturated rings. The molecule has 0 radical (unpaired) electrons. The van der Waals surface area contributed by atoms with Gasteiger partial charge in [0.15, 0.2) is 5.76 Å². The van der Waals surface area contributed by atoms with Gasteiger partial charge in [-0.3, -0.25) is 9.48 Å². The molecule has 0 unspecified atom stereocenters. The van der Waals surface area contributed by atoms with E-state index in [4.69, 9.17) is 4.42 Å². The van der Waals surface area contributed by atoms with Gasteiger partial charge in [0, 0.05) is 23.4 Å². The maximum Gasteiger partial charge on any atom is 0.287 e. The number of benzene rings is 1. The van der Waals surface area contributed by atoms with Crippen molar-refractivity contribution in [3.8, 4) is 0 Å². The highest BCUT2D eigenvalue weighted by Gasteiger charge is 2.16. The maximum atomic E-state index is 12.2. The minimum atomic E-state index is -0.202. The number of hydrogen-bond donors (Lipinski definition) is 1. The molecule has 1 amide bonds. The molecule has 3 aromatic rings. The average Bonchev–Trinajstić information content (AvgIpc) is 3.11. The van der Waals surface area contributed by atoms with Gasteiger partial charge in [-0.05, 0) is 32.4 Å². The average molecular weight is 323 g/mol. The normalized spacial score (nSPS) is 10.8. The largest absolute Gasteiger partial charge is 0.459 e. The Bertz CT molecular complexity index is 847. The number of rotatable bonds is 5. The topological polar surface area (TPSA) is 60.1 Å². The minimum Gasteiger partial charge on any atom is -0.459 e. The van der Waals surface area contributed by atoms with Crippen molar-refractivity contribution in [2.75, 3.05) is 0 Å². The summed E-state index contributed by atoms with van der Waals surface area (Å²) in [4.78, 5) is 12.2. The Morgan fingerprint density at radius 2 is 1.92 bits per heavy atom. The maximum absolute atomic E-state index is 12.2. The summed E-state index contributed by atoms with van der Waals surface area (Å²) in [7, 11) is 0. The summed E-state index contributed by atoms with van der Waals surface area (Å²) in [6.45, 7) is 7.01. The molecule has 124 valence electrons. The molecule has 5 heteroatoms. The molecule has 0 bridgehead atoms. The summed E-state index contributed by atoms with van der Waals surface area (Å²) in [6, 6.07) is 12.0. The lowest BCUT2D eigenvalue weighted by Crippen LogP contribution is -2.23. The molecular weight excluding hydrogens is 302 g/mol. The number of nitrogens with one attached hydrogen (secondary N) is 1. The van der Waals surface area contributed by atoms with Crippen molar-refractivity contribution in [2.24, 2.45) is 0 Å². The van der Waals surface area contributed by atoms with E-state index >= 15 is 0 Å². The standard InChI is InChI=1S/C19H21N3O2/c1-13-9-10-24-18(13)19(23)20-11-17-14(2)21-22(15(17)3)12-16-7-5-4-6-8-16/h4-10H,11-12H2,1-3H3,(H,20,23). The Kier molecular flexibility index (Phi) is 4.51. The van der Waals surface area contributed by atoms with E-state index in [9.17, 15) is 4.79 Å². The number of hydrogen-bond acceptors (Lipinski definition) is 3. The van der Waals surface area contributed by atoms with Gasteiger partial charge < -0.3 is 9.73 Å². The van der Waals surface area contributed by atoms with E-state index in [2.05, 4.69) is 22.5 Å². The Labute approximate surface area is 141 Å². The smallest absolute Gasteiger partial charge is 0.287 e. The second kappa shape index (κ2) is 6.74. The van der Waals surface area contributed by atoms with Crippen LogP contribution in [0.3, 0.4) is 0 Å². The van der Waals surface area contributed by atoms with Crippen LogP contribution in [0, 0.1) is 20.8 Å². The van der Waals surface area contributed by atoms with Gasteiger partial charge in [0.2, 0.25) is 0 Å². The quantitative estimate of drug-likeness (QED) is 0.783. The van der Waals surface area contributed by atoms with E-state index in [1.807, 2.05) is 43.7 Å². The predicted octanol–water partition coefficient (Wildman–Crippen LogP) is 3.38. The summed E-state index contributed by atoms with van der Waals surface area (Å²) in [5.41, 5.74) is 5.07. The van der Waals surface area contributed by atoms with E-state index in [0.29, 0.717) is 12.3 Å². The van der Waals surface area contributed by atoms with Crippen LogP contribution in [0.5, 0.6) is 0 Å². The molecule has 0 spiro atoms. The first-order valence-electron chi connectivity index (χ1n) is 7.95. The van der Waals surface area contributed by atoms with Crippen molar-refractivity contribution in [1.82, 2.24) is 15.1 Å². The molecule has 0 aliphatic carbocycles. The lowest BCUT2D eigenvalue weighted by molar-refractivity contribution is 0.0922. The van der Waals surface area contributed by atoms with Gasteiger partial charge in [-0.1, -0.05) is 30.3 Å². The molecule has 5 nitrogen and oxygen atoms in total. The summed E-state index contributed by atoms with van der Waals surface area (Å²) < 4.78 is 7.20. The first-order chi connectivity index (χ1) is 11.6. The van der Waals surface area contributed by atoms with Crippen LogP contribution >= 0.6 is 0 Å². The minimum absolute atomic E-state index is 0.202.